The number of fused-ring (bicyclic) bond motifs is 1. The zero-order valence-electron chi connectivity index (χ0n) is 13.6. The molecule has 1 atom stereocenters. The largest absolute Gasteiger partial charge is 0.481 e. The molecule has 0 saturated heterocycles. The smallest absolute Gasteiger partial charge is 0.313 e. The van der Waals surface area contributed by atoms with Crippen molar-refractivity contribution in [2.45, 2.75) is 17.7 Å². The zero-order valence-corrected chi connectivity index (χ0v) is 14.5. The molecule has 5 heteroatoms. The monoisotopic (exact) mass is 348 g/mol. The van der Waals surface area contributed by atoms with E-state index < -0.39 is 5.97 Å². The third-order valence-electron chi connectivity index (χ3n) is 4.17. The van der Waals surface area contributed by atoms with E-state index in [1.165, 1.54) is 11.8 Å². The average molecular weight is 348 g/mol. The molecule has 0 spiro atoms. The van der Waals surface area contributed by atoms with Gasteiger partial charge in [0.05, 0.1) is 17.4 Å². The van der Waals surface area contributed by atoms with Crippen LogP contribution in [0.25, 0.3) is 10.8 Å². The van der Waals surface area contributed by atoms with Gasteiger partial charge in [-0.2, -0.15) is 5.26 Å². The molecule has 2 aromatic carbocycles. The van der Waals surface area contributed by atoms with E-state index in [0.29, 0.717) is 5.56 Å². The summed E-state index contributed by atoms with van der Waals surface area (Å²) in [5, 5.41) is 20.2. The molecule has 0 saturated carbocycles. The van der Waals surface area contributed by atoms with E-state index >= 15 is 0 Å². The van der Waals surface area contributed by atoms with Crippen LogP contribution in [0.4, 0.5) is 0 Å². The molecule has 25 heavy (non-hydrogen) atoms. The van der Waals surface area contributed by atoms with E-state index in [1.54, 1.807) is 12.4 Å². The molecule has 1 unspecified atom stereocenters. The first-order valence-corrected chi connectivity index (χ1v) is 8.80. The number of hydrogen-bond acceptors (Lipinski definition) is 4. The lowest BCUT2D eigenvalue weighted by Crippen LogP contribution is -2.03. The number of carbonyl (C=O) groups is 1. The number of thioether (sulfide) groups is 1. The summed E-state index contributed by atoms with van der Waals surface area (Å²) in [6, 6.07) is 15.8. The second kappa shape index (κ2) is 7.37. The maximum Gasteiger partial charge on any atom is 0.313 e. The zero-order chi connectivity index (χ0) is 17.8. The predicted molar refractivity (Wildman–Crippen MR) is 98.8 cm³/mol. The van der Waals surface area contributed by atoms with Crippen molar-refractivity contribution in [3.05, 3.63) is 71.5 Å². The van der Waals surface area contributed by atoms with Crippen LogP contribution < -0.4 is 0 Å². The minimum atomic E-state index is -0.843. The lowest BCUT2D eigenvalue weighted by atomic mass is 9.88. The Morgan fingerprint density at radius 3 is 2.68 bits per heavy atom. The number of benzene rings is 2. The van der Waals surface area contributed by atoms with Crippen molar-refractivity contribution in [1.29, 1.82) is 5.26 Å². The Morgan fingerprint density at radius 2 is 1.96 bits per heavy atom. The highest BCUT2D eigenvalue weighted by atomic mass is 32.2. The Hall–Kier alpha value is -2.84. The van der Waals surface area contributed by atoms with Crippen molar-refractivity contribution in [2.24, 2.45) is 0 Å². The van der Waals surface area contributed by atoms with Crippen LogP contribution in [0, 0.1) is 11.3 Å². The third-order valence-corrected chi connectivity index (χ3v) is 5.25. The van der Waals surface area contributed by atoms with Crippen LogP contribution in [-0.4, -0.2) is 21.8 Å². The van der Waals surface area contributed by atoms with E-state index in [2.05, 4.69) is 18.0 Å². The van der Waals surface area contributed by atoms with Gasteiger partial charge in [0.25, 0.3) is 0 Å². The summed E-state index contributed by atoms with van der Waals surface area (Å²) in [6.07, 6.45) is 3.47. The van der Waals surface area contributed by atoms with Crippen molar-refractivity contribution >= 4 is 28.5 Å². The summed E-state index contributed by atoms with van der Waals surface area (Å²) in [7, 11) is 0. The molecule has 3 aromatic rings. The third kappa shape index (κ3) is 3.49. The number of nitrogens with zero attached hydrogens (tertiary/aromatic N) is 2. The van der Waals surface area contributed by atoms with Gasteiger partial charge in [-0.05, 0) is 34.0 Å². The fourth-order valence-corrected chi connectivity index (χ4v) is 3.79. The highest BCUT2D eigenvalue weighted by molar-refractivity contribution is 8.00. The topological polar surface area (TPSA) is 74.0 Å². The van der Waals surface area contributed by atoms with Crippen LogP contribution in [0.15, 0.2) is 59.8 Å². The van der Waals surface area contributed by atoms with Gasteiger partial charge in [-0.25, -0.2) is 0 Å². The fourth-order valence-electron chi connectivity index (χ4n) is 2.96. The van der Waals surface area contributed by atoms with Crippen LogP contribution in [0.2, 0.25) is 0 Å². The molecule has 0 aliphatic rings. The predicted octanol–water partition coefficient (Wildman–Crippen LogP) is 4.43. The Morgan fingerprint density at radius 1 is 1.20 bits per heavy atom. The van der Waals surface area contributed by atoms with Crippen LogP contribution in [0.3, 0.4) is 0 Å². The van der Waals surface area contributed by atoms with Crippen molar-refractivity contribution in [2.75, 3.05) is 5.75 Å². The van der Waals surface area contributed by atoms with Gasteiger partial charge in [0.15, 0.2) is 0 Å². The lowest BCUT2D eigenvalue weighted by molar-refractivity contribution is -0.133. The number of carboxylic acid groups (broad SMARTS) is 1. The van der Waals surface area contributed by atoms with Gasteiger partial charge in [-0.1, -0.05) is 37.3 Å². The van der Waals surface area contributed by atoms with Crippen LogP contribution in [0.1, 0.15) is 29.5 Å². The Labute approximate surface area is 150 Å². The highest BCUT2D eigenvalue weighted by Gasteiger charge is 2.17. The first kappa shape index (κ1) is 17.0. The molecular weight excluding hydrogens is 332 g/mol. The van der Waals surface area contributed by atoms with Crippen LogP contribution in [0.5, 0.6) is 0 Å². The first-order chi connectivity index (χ1) is 12.1. The van der Waals surface area contributed by atoms with E-state index in [0.717, 1.165) is 26.8 Å². The Kier molecular flexibility index (Phi) is 5.01. The van der Waals surface area contributed by atoms with Crippen molar-refractivity contribution in [3.63, 3.8) is 0 Å². The average Bonchev–Trinajstić information content (AvgIpc) is 2.65. The molecule has 0 fully saturated rings. The molecule has 1 N–H and O–H groups in total. The molecule has 3 rings (SSSR count). The van der Waals surface area contributed by atoms with Gasteiger partial charge in [0.1, 0.15) is 0 Å². The molecule has 0 radical (unpaired) electrons. The number of pyridine rings is 1. The second-order valence-electron chi connectivity index (χ2n) is 5.68. The molecule has 1 aromatic heterocycles. The number of carboxylic acids is 1. The second-order valence-corrected chi connectivity index (χ2v) is 6.69. The van der Waals surface area contributed by atoms with Gasteiger partial charge in [-0.15, -0.1) is 11.8 Å². The SMILES string of the molecule is CC(c1cnccc1SCC(=O)O)c1ccc(C#N)c2ccccc12. The Balaban J connectivity index is 2.08. The number of aromatic nitrogens is 1. The summed E-state index contributed by atoms with van der Waals surface area (Å²) in [6.45, 7) is 2.08. The molecule has 0 aliphatic carbocycles. The molecule has 0 bridgehead atoms. The van der Waals surface area contributed by atoms with Crippen LogP contribution in [-0.2, 0) is 4.79 Å². The molecule has 0 aliphatic heterocycles. The van der Waals surface area contributed by atoms with E-state index in [1.807, 2.05) is 42.5 Å². The molecule has 0 amide bonds. The quantitative estimate of drug-likeness (QED) is 0.690. The van der Waals surface area contributed by atoms with E-state index in [-0.39, 0.29) is 11.7 Å². The summed E-state index contributed by atoms with van der Waals surface area (Å²) in [4.78, 5) is 16.0. The maximum atomic E-state index is 10.9. The van der Waals surface area contributed by atoms with Crippen molar-refractivity contribution in [1.82, 2.24) is 4.98 Å². The highest BCUT2D eigenvalue weighted by Crippen LogP contribution is 2.36. The van der Waals surface area contributed by atoms with E-state index in [4.69, 9.17) is 5.11 Å². The Bertz CT molecular complexity index is 979. The molecule has 1 heterocycles. The maximum absolute atomic E-state index is 10.9. The number of aliphatic carboxylic acids is 1. The standard InChI is InChI=1S/C20H16N2O2S/c1-13(18-11-22-9-8-19(18)25-12-20(23)24)15-7-6-14(10-21)16-4-2-3-5-17(15)16/h2-9,11,13H,12H2,1H3,(H,23,24). The molecular formula is C20H16N2O2S. The van der Waals surface area contributed by atoms with Gasteiger partial charge < -0.3 is 5.11 Å². The van der Waals surface area contributed by atoms with Gasteiger partial charge in [0, 0.05) is 23.2 Å². The summed E-state index contributed by atoms with van der Waals surface area (Å²) >= 11 is 1.30. The fraction of sp³-hybridized carbons (Fsp3) is 0.150. The van der Waals surface area contributed by atoms with E-state index in [9.17, 15) is 10.1 Å². The number of rotatable bonds is 5. The number of nitriles is 1. The van der Waals surface area contributed by atoms with Crippen LogP contribution >= 0.6 is 11.8 Å². The van der Waals surface area contributed by atoms with Gasteiger partial charge >= 0.3 is 5.97 Å². The normalized spacial score (nSPS) is 11.8. The minimum Gasteiger partial charge on any atom is -0.481 e. The van der Waals surface area contributed by atoms with Gasteiger partial charge in [0.2, 0.25) is 0 Å². The summed E-state index contributed by atoms with van der Waals surface area (Å²) < 4.78 is 0. The summed E-state index contributed by atoms with van der Waals surface area (Å²) in [5.41, 5.74) is 2.74. The minimum absolute atomic E-state index is 0.0118. The van der Waals surface area contributed by atoms with Crippen molar-refractivity contribution < 1.29 is 9.90 Å². The van der Waals surface area contributed by atoms with Crippen molar-refractivity contribution in [3.8, 4) is 6.07 Å². The summed E-state index contributed by atoms with van der Waals surface area (Å²) in [5.74, 6) is -0.801. The first-order valence-electron chi connectivity index (χ1n) is 7.82. The molecule has 4 nitrogen and oxygen atoms in total. The lowest BCUT2D eigenvalue weighted by Gasteiger charge is -2.18. The number of hydrogen-bond donors (Lipinski definition) is 1. The van der Waals surface area contributed by atoms with Gasteiger partial charge in [-0.3, -0.25) is 9.78 Å². The molecule has 124 valence electrons.